The van der Waals surface area contributed by atoms with E-state index >= 15 is 0 Å². The van der Waals surface area contributed by atoms with Gasteiger partial charge in [0.15, 0.2) is 0 Å². The minimum Gasteiger partial charge on any atom is -0.375 e. The van der Waals surface area contributed by atoms with Crippen molar-refractivity contribution >= 4 is 11.6 Å². The lowest BCUT2D eigenvalue weighted by atomic mass is 10.2. The van der Waals surface area contributed by atoms with Crippen molar-refractivity contribution in [2.75, 3.05) is 19.7 Å². The van der Waals surface area contributed by atoms with Crippen LogP contribution in [0.4, 0.5) is 0 Å². The van der Waals surface area contributed by atoms with Gasteiger partial charge in [0, 0.05) is 18.5 Å². The molecule has 2 nitrogen and oxygen atoms in total. The van der Waals surface area contributed by atoms with Crippen LogP contribution in [0.15, 0.2) is 30.3 Å². The number of hydrogen-bond acceptors (Lipinski definition) is 2. The Hall–Kier alpha value is -0.570. The SMILES string of the molecule is CCCC(Cl)CNCCOCc1ccccc1. The van der Waals surface area contributed by atoms with Crippen LogP contribution in [0.1, 0.15) is 25.3 Å². The zero-order chi connectivity index (χ0) is 12.3. The summed E-state index contributed by atoms with van der Waals surface area (Å²) in [6.07, 6.45) is 2.21. The van der Waals surface area contributed by atoms with Crippen LogP contribution in [0.3, 0.4) is 0 Å². The number of hydrogen-bond donors (Lipinski definition) is 1. The van der Waals surface area contributed by atoms with E-state index in [2.05, 4.69) is 24.4 Å². The van der Waals surface area contributed by atoms with Gasteiger partial charge in [-0.1, -0.05) is 43.7 Å². The highest BCUT2D eigenvalue weighted by molar-refractivity contribution is 6.20. The third-order valence-corrected chi connectivity index (χ3v) is 2.87. The fraction of sp³-hybridized carbons (Fsp3) is 0.571. The van der Waals surface area contributed by atoms with Gasteiger partial charge >= 0.3 is 0 Å². The summed E-state index contributed by atoms with van der Waals surface area (Å²) in [5.41, 5.74) is 1.22. The quantitative estimate of drug-likeness (QED) is 0.541. The normalized spacial score (nSPS) is 12.6. The van der Waals surface area contributed by atoms with Gasteiger partial charge in [0.2, 0.25) is 0 Å². The largest absolute Gasteiger partial charge is 0.375 e. The third-order valence-electron chi connectivity index (χ3n) is 2.50. The van der Waals surface area contributed by atoms with Gasteiger partial charge in [0.1, 0.15) is 0 Å². The first-order chi connectivity index (χ1) is 8.33. The van der Waals surface area contributed by atoms with Crippen molar-refractivity contribution in [2.24, 2.45) is 0 Å². The summed E-state index contributed by atoms with van der Waals surface area (Å²) < 4.78 is 5.56. The predicted molar refractivity (Wildman–Crippen MR) is 73.5 cm³/mol. The molecule has 0 bridgehead atoms. The van der Waals surface area contributed by atoms with Crippen LogP contribution in [0.25, 0.3) is 0 Å². The molecule has 0 saturated carbocycles. The van der Waals surface area contributed by atoms with Gasteiger partial charge < -0.3 is 10.1 Å². The summed E-state index contributed by atoms with van der Waals surface area (Å²) >= 11 is 6.09. The van der Waals surface area contributed by atoms with Crippen molar-refractivity contribution in [1.82, 2.24) is 5.32 Å². The lowest BCUT2D eigenvalue weighted by Crippen LogP contribution is -2.26. The zero-order valence-corrected chi connectivity index (χ0v) is 11.2. The Kier molecular flexibility index (Phi) is 8.06. The molecule has 1 aromatic rings. The topological polar surface area (TPSA) is 21.3 Å². The van der Waals surface area contributed by atoms with Gasteiger partial charge in [-0.15, -0.1) is 11.6 Å². The standard InChI is InChI=1S/C14H22ClNO/c1-2-6-14(15)11-16-9-10-17-12-13-7-4-3-5-8-13/h3-5,7-8,14,16H,2,6,9-12H2,1H3. The van der Waals surface area contributed by atoms with Crippen LogP contribution >= 0.6 is 11.6 Å². The summed E-state index contributed by atoms with van der Waals surface area (Å²) in [5, 5.41) is 3.54. The molecule has 0 amide bonds. The Morgan fingerprint density at radius 2 is 2.06 bits per heavy atom. The first-order valence-corrected chi connectivity index (χ1v) is 6.73. The average Bonchev–Trinajstić information content (AvgIpc) is 2.35. The molecule has 0 radical (unpaired) electrons. The molecule has 96 valence electrons. The Bertz CT molecular complexity index is 279. The van der Waals surface area contributed by atoms with Crippen LogP contribution < -0.4 is 5.32 Å². The fourth-order valence-corrected chi connectivity index (χ4v) is 1.91. The summed E-state index contributed by atoms with van der Waals surface area (Å²) in [6.45, 7) is 5.29. The molecule has 3 heteroatoms. The van der Waals surface area contributed by atoms with Crippen molar-refractivity contribution in [3.8, 4) is 0 Å². The Morgan fingerprint density at radius 3 is 2.76 bits per heavy atom. The second-order valence-electron chi connectivity index (χ2n) is 4.13. The molecular formula is C14H22ClNO. The molecular weight excluding hydrogens is 234 g/mol. The van der Waals surface area contributed by atoms with Crippen LogP contribution in [-0.4, -0.2) is 25.1 Å². The van der Waals surface area contributed by atoms with Crippen LogP contribution in [0, 0.1) is 0 Å². The van der Waals surface area contributed by atoms with Gasteiger partial charge in [0.05, 0.1) is 13.2 Å². The van der Waals surface area contributed by atoms with E-state index in [9.17, 15) is 0 Å². The molecule has 0 spiro atoms. The van der Waals surface area contributed by atoms with Gasteiger partial charge in [-0.3, -0.25) is 0 Å². The highest BCUT2D eigenvalue weighted by Crippen LogP contribution is 2.03. The van der Waals surface area contributed by atoms with Crippen LogP contribution in [0.2, 0.25) is 0 Å². The lowest BCUT2D eigenvalue weighted by Gasteiger charge is -2.09. The molecule has 0 saturated heterocycles. The van der Waals surface area contributed by atoms with E-state index in [0.717, 1.165) is 32.5 Å². The molecule has 0 aliphatic rings. The minimum absolute atomic E-state index is 0.245. The number of benzene rings is 1. The highest BCUT2D eigenvalue weighted by Gasteiger charge is 2.01. The molecule has 0 aliphatic heterocycles. The summed E-state index contributed by atoms with van der Waals surface area (Å²) in [4.78, 5) is 0. The number of ether oxygens (including phenoxy) is 1. The van der Waals surface area contributed by atoms with E-state index in [-0.39, 0.29) is 5.38 Å². The minimum atomic E-state index is 0.245. The summed E-state index contributed by atoms with van der Waals surface area (Å²) in [6, 6.07) is 10.2. The van der Waals surface area contributed by atoms with E-state index in [1.165, 1.54) is 5.56 Å². The van der Waals surface area contributed by atoms with E-state index < -0.39 is 0 Å². The van der Waals surface area contributed by atoms with Crippen molar-refractivity contribution in [3.05, 3.63) is 35.9 Å². The fourth-order valence-electron chi connectivity index (χ4n) is 1.58. The first-order valence-electron chi connectivity index (χ1n) is 6.29. The Balaban J connectivity index is 1.95. The predicted octanol–water partition coefficient (Wildman–Crippen LogP) is 3.20. The molecule has 17 heavy (non-hydrogen) atoms. The van der Waals surface area contributed by atoms with Crippen LogP contribution in [-0.2, 0) is 11.3 Å². The van der Waals surface area contributed by atoms with E-state index in [4.69, 9.17) is 16.3 Å². The third kappa shape index (κ3) is 7.37. The molecule has 0 heterocycles. The summed E-state index contributed by atoms with van der Waals surface area (Å²) in [5.74, 6) is 0. The van der Waals surface area contributed by atoms with Gasteiger partial charge in [0.25, 0.3) is 0 Å². The Labute approximate surface area is 109 Å². The lowest BCUT2D eigenvalue weighted by molar-refractivity contribution is 0.123. The maximum absolute atomic E-state index is 6.09. The molecule has 1 unspecified atom stereocenters. The smallest absolute Gasteiger partial charge is 0.0717 e. The van der Waals surface area contributed by atoms with Crippen molar-refractivity contribution < 1.29 is 4.74 Å². The molecule has 1 rings (SSSR count). The van der Waals surface area contributed by atoms with Crippen molar-refractivity contribution in [2.45, 2.75) is 31.7 Å². The molecule has 1 atom stereocenters. The van der Waals surface area contributed by atoms with Crippen LogP contribution in [0.5, 0.6) is 0 Å². The maximum atomic E-state index is 6.09. The molecule has 0 fully saturated rings. The number of alkyl halides is 1. The Morgan fingerprint density at radius 1 is 1.29 bits per heavy atom. The van der Waals surface area contributed by atoms with Gasteiger partial charge in [-0.2, -0.15) is 0 Å². The number of nitrogens with one attached hydrogen (secondary N) is 1. The number of rotatable bonds is 9. The maximum Gasteiger partial charge on any atom is 0.0717 e. The second kappa shape index (κ2) is 9.46. The monoisotopic (exact) mass is 255 g/mol. The van der Waals surface area contributed by atoms with Crippen molar-refractivity contribution in [3.63, 3.8) is 0 Å². The zero-order valence-electron chi connectivity index (χ0n) is 10.5. The molecule has 0 aromatic heterocycles. The molecule has 1 aromatic carbocycles. The second-order valence-corrected chi connectivity index (χ2v) is 4.75. The van der Waals surface area contributed by atoms with Gasteiger partial charge in [-0.05, 0) is 12.0 Å². The number of halogens is 1. The van der Waals surface area contributed by atoms with E-state index in [1.807, 2.05) is 18.2 Å². The van der Waals surface area contributed by atoms with E-state index in [0.29, 0.717) is 6.61 Å². The average molecular weight is 256 g/mol. The van der Waals surface area contributed by atoms with Crippen molar-refractivity contribution in [1.29, 1.82) is 0 Å². The first kappa shape index (κ1) is 14.5. The van der Waals surface area contributed by atoms with E-state index in [1.54, 1.807) is 0 Å². The van der Waals surface area contributed by atoms with Gasteiger partial charge in [-0.25, -0.2) is 0 Å². The molecule has 1 N–H and O–H groups in total. The summed E-state index contributed by atoms with van der Waals surface area (Å²) in [7, 11) is 0. The highest BCUT2D eigenvalue weighted by atomic mass is 35.5. The molecule has 0 aliphatic carbocycles.